The molecule has 0 fully saturated rings. The van der Waals surface area contributed by atoms with Gasteiger partial charge in [-0.3, -0.25) is 0 Å². The van der Waals surface area contributed by atoms with Crippen molar-refractivity contribution in [2.45, 2.75) is 13.5 Å². The van der Waals surface area contributed by atoms with Crippen molar-refractivity contribution in [2.24, 2.45) is 0 Å². The van der Waals surface area contributed by atoms with Crippen molar-refractivity contribution in [2.75, 3.05) is 0 Å². The van der Waals surface area contributed by atoms with E-state index >= 15 is 0 Å². The van der Waals surface area contributed by atoms with Gasteiger partial charge in [-0.25, -0.2) is 4.98 Å². The third kappa shape index (κ3) is 1.61. The molecule has 60 valence electrons. The molecule has 0 aliphatic heterocycles. The fourth-order valence-corrected chi connectivity index (χ4v) is 0.947. The number of pyridine rings is 1. The molecule has 0 saturated carbocycles. The molecule has 0 saturated heterocycles. The Kier molecular flexibility index (Phi) is 2.31. The third-order valence-electron chi connectivity index (χ3n) is 1.42. The minimum atomic E-state index is -0.135. The molecule has 1 heterocycles. The summed E-state index contributed by atoms with van der Waals surface area (Å²) < 4.78 is 0. The van der Waals surface area contributed by atoms with Crippen LogP contribution in [0.25, 0.3) is 0 Å². The van der Waals surface area contributed by atoms with E-state index < -0.39 is 0 Å². The van der Waals surface area contributed by atoms with Crippen molar-refractivity contribution in [3.8, 4) is 5.75 Å². The van der Waals surface area contributed by atoms with Crippen molar-refractivity contribution >= 4 is 11.6 Å². The fourth-order valence-electron chi connectivity index (χ4n) is 0.765. The summed E-state index contributed by atoms with van der Waals surface area (Å²) in [6.07, 6.45) is 0. The minimum Gasteiger partial charge on any atom is -0.505 e. The van der Waals surface area contributed by atoms with Gasteiger partial charge in [-0.2, -0.15) is 0 Å². The molecule has 1 aromatic rings. The molecule has 1 aromatic heterocycles. The Balaban J connectivity index is 3.21. The van der Waals surface area contributed by atoms with Gasteiger partial charge in [0.05, 0.1) is 6.61 Å². The van der Waals surface area contributed by atoms with Gasteiger partial charge in [0.15, 0.2) is 10.9 Å². The van der Waals surface area contributed by atoms with Crippen molar-refractivity contribution in [1.82, 2.24) is 4.98 Å². The molecule has 0 unspecified atom stereocenters. The first-order valence-electron chi connectivity index (χ1n) is 3.11. The van der Waals surface area contributed by atoms with Gasteiger partial charge in [0, 0.05) is 11.3 Å². The normalized spacial score (nSPS) is 10.1. The number of aromatic hydroxyl groups is 1. The van der Waals surface area contributed by atoms with Gasteiger partial charge in [-0.05, 0) is 13.0 Å². The highest BCUT2D eigenvalue weighted by Crippen LogP contribution is 2.22. The molecule has 3 nitrogen and oxygen atoms in total. The molecule has 0 aliphatic rings. The molecule has 0 aromatic carbocycles. The van der Waals surface area contributed by atoms with Crippen LogP contribution in [0.4, 0.5) is 0 Å². The van der Waals surface area contributed by atoms with E-state index in [1.807, 2.05) is 0 Å². The lowest BCUT2D eigenvalue weighted by Gasteiger charge is -2.02. The number of aryl methyl sites for hydroxylation is 1. The third-order valence-corrected chi connectivity index (χ3v) is 1.70. The molecule has 0 radical (unpaired) electrons. The van der Waals surface area contributed by atoms with Crippen LogP contribution in [-0.2, 0) is 6.61 Å². The molecule has 11 heavy (non-hydrogen) atoms. The van der Waals surface area contributed by atoms with Crippen LogP contribution in [0.5, 0.6) is 5.75 Å². The molecule has 0 aliphatic carbocycles. The number of rotatable bonds is 1. The van der Waals surface area contributed by atoms with Gasteiger partial charge >= 0.3 is 0 Å². The first-order valence-corrected chi connectivity index (χ1v) is 3.48. The van der Waals surface area contributed by atoms with Gasteiger partial charge in [-0.15, -0.1) is 0 Å². The minimum absolute atomic E-state index is 0.0692. The van der Waals surface area contributed by atoms with E-state index in [1.54, 1.807) is 6.92 Å². The van der Waals surface area contributed by atoms with Crippen LogP contribution in [0.2, 0.25) is 5.15 Å². The zero-order chi connectivity index (χ0) is 8.43. The summed E-state index contributed by atoms with van der Waals surface area (Å²) in [4.78, 5) is 3.80. The number of hydrogen-bond acceptors (Lipinski definition) is 3. The van der Waals surface area contributed by atoms with Crippen LogP contribution >= 0.6 is 11.6 Å². The Labute approximate surface area is 69.3 Å². The van der Waals surface area contributed by atoms with E-state index in [9.17, 15) is 0 Å². The predicted octanol–water partition coefficient (Wildman–Crippen LogP) is 1.24. The monoisotopic (exact) mass is 173 g/mol. The summed E-state index contributed by atoms with van der Waals surface area (Å²) in [5.41, 5.74) is 1.22. The summed E-state index contributed by atoms with van der Waals surface area (Å²) in [7, 11) is 0. The SMILES string of the molecule is Cc1nc(Cl)c(O)cc1CO. The van der Waals surface area contributed by atoms with E-state index in [0.29, 0.717) is 11.3 Å². The molecule has 0 spiro atoms. The first-order chi connectivity index (χ1) is 5.15. The first kappa shape index (κ1) is 8.30. The molecule has 1 rings (SSSR count). The lowest BCUT2D eigenvalue weighted by Crippen LogP contribution is -1.92. The molecular formula is C7H8ClNO2. The highest BCUT2D eigenvalue weighted by molar-refractivity contribution is 6.30. The van der Waals surface area contributed by atoms with Gasteiger partial charge in [0.1, 0.15) is 0 Å². The van der Waals surface area contributed by atoms with Crippen LogP contribution in [0.1, 0.15) is 11.3 Å². The summed E-state index contributed by atoms with van der Waals surface area (Å²) in [5, 5.41) is 17.9. The lowest BCUT2D eigenvalue weighted by molar-refractivity contribution is 0.279. The highest BCUT2D eigenvalue weighted by atomic mass is 35.5. The largest absolute Gasteiger partial charge is 0.505 e. The Bertz CT molecular complexity index is 275. The second kappa shape index (κ2) is 3.07. The smallest absolute Gasteiger partial charge is 0.171 e. The average molecular weight is 174 g/mol. The van der Waals surface area contributed by atoms with E-state index in [-0.39, 0.29) is 17.5 Å². The van der Waals surface area contributed by atoms with Gasteiger partial charge in [-0.1, -0.05) is 11.6 Å². The zero-order valence-electron chi connectivity index (χ0n) is 6.00. The quantitative estimate of drug-likeness (QED) is 0.629. The average Bonchev–Trinajstić information content (AvgIpc) is 1.97. The maximum Gasteiger partial charge on any atom is 0.171 e. The molecular weight excluding hydrogens is 166 g/mol. The van der Waals surface area contributed by atoms with E-state index in [0.717, 1.165) is 0 Å². The van der Waals surface area contributed by atoms with Crippen molar-refractivity contribution < 1.29 is 10.2 Å². The molecule has 4 heteroatoms. The summed E-state index contributed by atoms with van der Waals surface area (Å²) in [5.74, 6) is -0.0960. The highest BCUT2D eigenvalue weighted by Gasteiger charge is 2.04. The Morgan fingerprint density at radius 3 is 2.82 bits per heavy atom. The number of aliphatic hydroxyl groups excluding tert-OH is 1. The maximum atomic E-state index is 9.05. The standard InChI is InChI=1S/C7H8ClNO2/c1-4-5(3-10)2-6(11)7(8)9-4/h2,10-11H,3H2,1H3. The second-order valence-electron chi connectivity index (χ2n) is 2.20. The Morgan fingerprint density at radius 1 is 1.64 bits per heavy atom. The lowest BCUT2D eigenvalue weighted by atomic mass is 10.2. The Hall–Kier alpha value is -0.800. The second-order valence-corrected chi connectivity index (χ2v) is 2.56. The molecule has 2 N–H and O–H groups in total. The van der Waals surface area contributed by atoms with E-state index in [2.05, 4.69) is 4.98 Å². The Morgan fingerprint density at radius 2 is 2.27 bits per heavy atom. The van der Waals surface area contributed by atoms with E-state index in [1.165, 1.54) is 6.07 Å². The van der Waals surface area contributed by atoms with Crippen LogP contribution < -0.4 is 0 Å². The van der Waals surface area contributed by atoms with Crippen molar-refractivity contribution in [3.63, 3.8) is 0 Å². The van der Waals surface area contributed by atoms with Crippen LogP contribution in [-0.4, -0.2) is 15.2 Å². The maximum absolute atomic E-state index is 9.05. The molecule has 0 atom stereocenters. The van der Waals surface area contributed by atoms with E-state index in [4.69, 9.17) is 21.8 Å². The van der Waals surface area contributed by atoms with Gasteiger partial charge < -0.3 is 10.2 Å². The van der Waals surface area contributed by atoms with Crippen LogP contribution in [0.3, 0.4) is 0 Å². The van der Waals surface area contributed by atoms with Crippen molar-refractivity contribution in [3.05, 3.63) is 22.5 Å². The van der Waals surface area contributed by atoms with Crippen LogP contribution in [0.15, 0.2) is 6.07 Å². The zero-order valence-corrected chi connectivity index (χ0v) is 6.76. The summed E-state index contributed by atoms with van der Waals surface area (Å²) >= 11 is 5.50. The van der Waals surface area contributed by atoms with Crippen LogP contribution in [0, 0.1) is 6.92 Å². The molecule has 0 bridgehead atoms. The number of halogens is 1. The summed E-state index contributed by atoms with van der Waals surface area (Å²) in [6.45, 7) is 1.58. The number of aromatic nitrogens is 1. The van der Waals surface area contributed by atoms with Gasteiger partial charge in [0.25, 0.3) is 0 Å². The molecule has 0 amide bonds. The predicted molar refractivity (Wildman–Crippen MR) is 41.6 cm³/mol. The number of aliphatic hydroxyl groups is 1. The fraction of sp³-hybridized carbons (Fsp3) is 0.286. The van der Waals surface area contributed by atoms with Gasteiger partial charge in [0.2, 0.25) is 0 Å². The topological polar surface area (TPSA) is 53.4 Å². The van der Waals surface area contributed by atoms with Crippen molar-refractivity contribution in [1.29, 1.82) is 0 Å². The summed E-state index contributed by atoms with van der Waals surface area (Å²) in [6, 6.07) is 1.41. The number of hydrogen-bond donors (Lipinski definition) is 2. The number of nitrogens with zero attached hydrogens (tertiary/aromatic N) is 1.